The average molecular weight is 829 g/mol. The van der Waals surface area contributed by atoms with Crippen molar-refractivity contribution in [2.45, 2.75) is 93.4 Å². The first-order valence-electron chi connectivity index (χ1n) is 16.4. The first-order valence-corrected chi connectivity index (χ1v) is 17.3. The van der Waals surface area contributed by atoms with Crippen LogP contribution in [0.25, 0.3) is 54.3 Å². The zero-order valence-corrected chi connectivity index (χ0v) is 32.2. The van der Waals surface area contributed by atoms with E-state index < -0.39 is 0 Å². The molecule has 0 unspecified atom stereocenters. The minimum Gasteiger partial charge on any atom is -0.512 e. The van der Waals surface area contributed by atoms with Gasteiger partial charge in [-0.3, -0.25) is 9.78 Å². The molecule has 6 rings (SSSR count). The largest absolute Gasteiger partial charge is 0.512 e. The van der Waals surface area contributed by atoms with Crippen molar-refractivity contribution < 1.29 is 38.8 Å². The molecule has 0 aliphatic carbocycles. The van der Waals surface area contributed by atoms with Crippen LogP contribution < -0.4 is 0 Å². The zero-order valence-electron chi connectivity index (χ0n) is 29.0. The number of carbonyl (C=O) groups excluding carboxylic acids is 1. The number of allylic oxidation sites excluding steroid dienone is 2. The summed E-state index contributed by atoms with van der Waals surface area (Å²) in [5.41, 5.74) is 5.15. The molecule has 2 aromatic carbocycles. The van der Waals surface area contributed by atoms with Gasteiger partial charge in [-0.25, -0.2) is 0 Å². The number of fused-ring (bicyclic) bond motifs is 6. The molecule has 251 valence electrons. The number of carbonyl (C=O) groups is 1. The van der Waals surface area contributed by atoms with E-state index >= 15 is 0 Å². The number of rotatable bonds is 8. The first kappa shape index (κ1) is 36.6. The van der Waals surface area contributed by atoms with Crippen LogP contribution in [0, 0.1) is 16.9 Å². The van der Waals surface area contributed by atoms with E-state index in [1.165, 1.54) is 16.3 Å². The minimum absolute atomic E-state index is 0. The molecule has 0 aliphatic rings. The van der Waals surface area contributed by atoms with Crippen molar-refractivity contribution in [2.24, 2.45) is 10.8 Å². The molecule has 7 heteroatoms. The predicted molar refractivity (Wildman–Crippen MR) is 193 cm³/mol. The number of hydrogen-bond donors (Lipinski definition) is 1. The smallest absolute Gasteiger partial charge is 0.164 e. The Kier molecular flexibility index (Phi) is 11.0. The van der Waals surface area contributed by atoms with E-state index in [-0.39, 0.29) is 47.9 Å². The van der Waals surface area contributed by atoms with Crippen molar-refractivity contribution in [3.63, 3.8) is 0 Å². The summed E-state index contributed by atoms with van der Waals surface area (Å²) in [6, 6.07) is 15.8. The second-order valence-corrected chi connectivity index (χ2v) is 14.8. The average Bonchev–Trinajstić information content (AvgIpc) is 3.80. The SMILES string of the molecule is CC(C)(C)c1cc(-c2nccc3oc4ccc5occc5c4c23)[c-]c2ccsc12.CCC(C)(CC)C(=O)/C=C(\O)C(C)(CC)CC.[Ir]. The van der Waals surface area contributed by atoms with Crippen LogP contribution >= 0.6 is 11.3 Å². The summed E-state index contributed by atoms with van der Waals surface area (Å²) < 4.78 is 13.1. The summed E-state index contributed by atoms with van der Waals surface area (Å²) in [5.74, 6) is 0.286. The number of furan rings is 2. The molecule has 0 saturated carbocycles. The molecule has 0 amide bonds. The number of aliphatic hydroxyl groups excluding tert-OH is 1. The van der Waals surface area contributed by atoms with Gasteiger partial charge in [0.1, 0.15) is 22.5 Å². The predicted octanol–water partition coefficient (Wildman–Crippen LogP) is 12.4. The second-order valence-electron chi connectivity index (χ2n) is 13.8. The monoisotopic (exact) mass is 829 g/mol. The molecular weight excluding hydrogens is 783 g/mol. The Morgan fingerprint density at radius 2 is 1.53 bits per heavy atom. The van der Waals surface area contributed by atoms with Crippen LogP contribution in [0.15, 0.2) is 74.9 Å². The third-order valence-corrected chi connectivity index (χ3v) is 11.1. The van der Waals surface area contributed by atoms with Crippen molar-refractivity contribution in [1.82, 2.24) is 4.98 Å². The fraction of sp³-hybridized carbons (Fsp3) is 0.400. The Balaban J connectivity index is 0.000000242. The molecule has 1 N–H and O–H groups in total. The topological polar surface area (TPSA) is 76.5 Å². The Morgan fingerprint density at radius 3 is 2.17 bits per heavy atom. The van der Waals surface area contributed by atoms with Gasteiger partial charge in [-0.2, -0.15) is 11.3 Å². The molecule has 0 aliphatic heterocycles. The molecule has 47 heavy (non-hydrogen) atoms. The molecule has 0 atom stereocenters. The maximum absolute atomic E-state index is 12.2. The molecule has 0 saturated heterocycles. The zero-order chi connectivity index (χ0) is 33.4. The summed E-state index contributed by atoms with van der Waals surface area (Å²) in [4.78, 5) is 17.0. The van der Waals surface area contributed by atoms with Crippen LogP contribution in [0.2, 0.25) is 0 Å². The van der Waals surface area contributed by atoms with E-state index in [2.05, 4.69) is 44.4 Å². The molecule has 4 heterocycles. The summed E-state index contributed by atoms with van der Waals surface area (Å²) in [7, 11) is 0. The molecule has 0 fully saturated rings. The van der Waals surface area contributed by atoms with Gasteiger partial charge in [0.25, 0.3) is 0 Å². The standard InChI is InChI=1S/C25H18NO2S.C15H28O2.Ir/c1-25(2,3)17-13-15(12-14-8-11-29-24(14)17)23-22-20(6-9-26-23)28-19-5-4-18-16(21(19)22)7-10-27-18;1-7-14(5,8-2)12(16)11-13(17)15(6,9-3)10-4;/h4-11,13H,1-3H3;11,16H,7-10H2,1-6H3;/q-1;;/b;12-11-;. The van der Waals surface area contributed by atoms with Crippen molar-refractivity contribution in [3.8, 4) is 11.3 Å². The van der Waals surface area contributed by atoms with Crippen LogP contribution in [0.5, 0.6) is 0 Å². The minimum atomic E-state index is -0.337. The summed E-state index contributed by atoms with van der Waals surface area (Å²) in [6.07, 6.45) is 8.29. The van der Waals surface area contributed by atoms with Gasteiger partial charge in [-0.05, 0) is 65.4 Å². The Hall–Kier alpha value is -3.25. The van der Waals surface area contributed by atoms with Crippen molar-refractivity contribution in [3.05, 3.63) is 77.7 Å². The number of aromatic nitrogens is 1. The van der Waals surface area contributed by atoms with Gasteiger partial charge >= 0.3 is 0 Å². The van der Waals surface area contributed by atoms with E-state index in [1.807, 2.05) is 72.0 Å². The van der Waals surface area contributed by atoms with Crippen molar-refractivity contribution in [1.29, 1.82) is 0 Å². The first-order chi connectivity index (χ1) is 21.8. The van der Waals surface area contributed by atoms with Gasteiger partial charge in [-0.15, -0.1) is 23.6 Å². The Morgan fingerprint density at radius 1 is 0.894 bits per heavy atom. The molecule has 0 spiro atoms. The normalized spacial score (nSPS) is 12.8. The van der Waals surface area contributed by atoms with E-state index in [0.717, 1.165) is 75.2 Å². The van der Waals surface area contributed by atoms with E-state index in [9.17, 15) is 9.90 Å². The van der Waals surface area contributed by atoms with Crippen LogP contribution in [-0.2, 0) is 30.3 Å². The maximum Gasteiger partial charge on any atom is 0.164 e. The van der Waals surface area contributed by atoms with Crippen molar-refractivity contribution in [2.75, 3.05) is 0 Å². The van der Waals surface area contributed by atoms with Crippen molar-refractivity contribution >= 4 is 60.1 Å². The van der Waals surface area contributed by atoms with E-state index in [0.29, 0.717) is 0 Å². The van der Waals surface area contributed by atoms with Crippen LogP contribution in [0.1, 0.15) is 93.6 Å². The summed E-state index contributed by atoms with van der Waals surface area (Å²) in [5, 5.41) is 16.5. The van der Waals surface area contributed by atoms with Crippen LogP contribution in [-0.4, -0.2) is 15.9 Å². The summed E-state index contributed by atoms with van der Waals surface area (Å²) in [6.45, 7) is 18.8. The maximum atomic E-state index is 12.2. The number of benzene rings is 2. The Bertz CT molecular complexity index is 2050. The number of ketones is 1. The van der Waals surface area contributed by atoms with E-state index in [4.69, 9.17) is 13.8 Å². The van der Waals surface area contributed by atoms with Gasteiger partial charge in [-0.1, -0.05) is 73.4 Å². The molecule has 5 nitrogen and oxygen atoms in total. The molecule has 4 aromatic heterocycles. The second kappa shape index (κ2) is 14.1. The molecule has 6 aromatic rings. The summed E-state index contributed by atoms with van der Waals surface area (Å²) >= 11 is 1.77. The van der Waals surface area contributed by atoms with Gasteiger partial charge in [0.15, 0.2) is 5.78 Å². The third-order valence-electron chi connectivity index (χ3n) is 10.1. The third kappa shape index (κ3) is 6.86. The molecular formula is C40H46IrNO4S-. The quantitative estimate of drug-likeness (QED) is 0.0939. The number of pyridine rings is 1. The number of nitrogens with zero attached hydrogens (tertiary/aromatic N) is 1. The van der Waals surface area contributed by atoms with Gasteiger partial charge in [0.05, 0.1) is 6.26 Å². The van der Waals surface area contributed by atoms with E-state index in [1.54, 1.807) is 17.6 Å². The number of thiophene rings is 1. The van der Waals surface area contributed by atoms with Crippen LogP contribution in [0.3, 0.4) is 0 Å². The Labute approximate surface area is 295 Å². The van der Waals surface area contributed by atoms with Gasteiger partial charge in [0.2, 0.25) is 0 Å². The van der Waals surface area contributed by atoms with Gasteiger partial charge < -0.3 is 13.9 Å². The number of hydrogen-bond acceptors (Lipinski definition) is 6. The molecule has 0 bridgehead atoms. The van der Waals surface area contributed by atoms with Gasteiger partial charge in [0, 0.05) is 65.1 Å². The fourth-order valence-electron chi connectivity index (χ4n) is 5.84. The fourth-order valence-corrected chi connectivity index (χ4v) is 6.91. The van der Waals surface area contributed by atoms with Crippen LogP contribution in [0.4, 0.5) is 0 Å². The number of aliphatic hydroxyl groups is 1. The molecule has 1 radical (unpaired) electrons.